The minimum Gasteiger partial charge on any atom is -0.370 e. The van der Waals surface area contributed by atoms with E-state index in [9.17, 15) is 22.8 Å². The number of aromatic nitrogens is 1. The Morgan fingerprint density at radius 3 is 2.48 bits per heavy atom. The number of hydrogen-bond donors (Lipinski definition) is 2. The third-order valence-corrected chi connectivity index (χ3v) is 3.25. The molecule has 0 saturated carbocycles. The monoisotopic (exact) mass is 354 g/mol. The van der Waals surface area contributed by atoms with Crippen LogP contribution in [0.1, 0.15) is 17.3 Å². The lowest BCUT2D eigenvalue weighted by Crippen LogP contribution is -2.39. The third-order valence-electron chi connectivity index (χ3n) is 3.25. The van der Waals surface area contributed by atoms with Gasteiger partial charge in [-0.05, 0) is 24.6 Å². The standard InChI is InChI=1S/C17H17F3N2O3/c1-11(9-25-10-17(18,19)20)21-15(23)13-7-8-14(22-16(13)24)12-5-3-2-4-6-12/h2-8,11H,9-10H2,1H3,(H,21,23)(H,22,24). The summed E-state index contributed by atoms with van der Waals surface area (Å²) in [7, 11) is 0. The Kier molecular flexibility index (Phi) is 5.97. The number of H-pyrrole nitrogens is 1. The van der Waals surface area contributed by atoms with Gasteiger partial charge < -0.3 is 15.0 Å². The fourth-order valence-corrected chi connectivity index (χ4v) is 2.13. The number of amides is 1. The molecule has 0 fully saturated rings. The van der Waals surface area contributed by atoms with Gasteiger partial charge in [0.25, 0.3) is 11.5 Å². The molecule has 5 nitrogen and oxygen atoms in total. The number of alkyl halides is 3. The maximum Gasteiger partial charge on any atom is 0.411 e. The van der Waals surface area contributed by atoms with Gasteiger partial charge in [0.1, 0.15) is 12.2 Å². The van der Waals surface area contributed by atoms with Crippen LogP contribution < -0.4 is 10.9 Å². The number of carbonyl (C=O) groups excluding carboxylic acids is 1. The van der Waals surface area contributed by atoms with Crippen molar-refractivity contribution in [2.45, 2.75) is 19.1 Å². The summed E-state index contributed by atoms with van der Waals surface area (Å²) in [6.45, 7) is -0.217. The van der Waals surface area contributed by atoms with E-state index in [4.69, 9.17) is 0 Å². The van der Waals surface area contributed by atoms with Crippen molar-refractivity contribution < 1.29 is 22.7 Å². The van der Waals surface area contributed by atoms with Crippen molar-refractivity contribution in [3.8, 4) is 11.3 Å². The van der Waals surface area contributed by atoms with Gasteiger partial charge in [-0.3, -0.25) is 9.59 Å². The molecule has 2 rings (SSSR count). The lowest BCUT2D eigenvalue weighted by Gasteiger charge is -2.15. The van der Waals surface area contributed by atoms with Gasteiger partial charge in [-0.1, -0.05) is 30.3 Å². The molecule has 0 radical (unpaired) electrons. The van der Waals surface area contributed by atoms with Crippen molar-refractivity contribution in [1.29, 1.82) is 0 Å². The van der Waals surface area contributed by atoms with E-state index in [0.29, 0.717) is 5.69 Å². The van der Waals surface area contributed by atoms with Crippen molar-refractivity contribution in [3.63, 3.8) is 0 Å². The second kappa shape index (κ2) is 7.98. The van der Waals surface area contributed by atoms with Crippen LogP contribution in [-0.4, -0.2) is 36.3 Å². The highest BCUT2D eigenvalue weighted by Gasteiger charge is 2.27. The summed E-state index contributed by atoms with van der Waals surface area (Å²) in [4.78, 5) is 26.8. The number of pyridine rings is 1. The molecule has 134 valence electrons. The van der Waals surface area contributed by atoms with E-state index < -0.39 is 30.3 Å². The van der Waals surface area contributed by atoms with Crippen molar-refractivity contribution in [1.82, 2.24) is 10.3 Å². The largest absolute Gasteiger partial charge is 0.411 e. The molecular formula is C17H17F3N2O3. The molecule has 25 heavy (non-hydrogen) atoms. The van der Waals surface area contributed by atoms with Crippen LogP contribution >= 0.6 is 0 Å². The summed E-state index contributed by atoms with van der Waals surface area (Å²) in [5.74, 6) is -0.677. The number of rotatable bonds is 6. The predicted octanol–water partition coefficient (Wildman–Crippen LogP) is 2.74. The predicted molar refractivity (Wildman–Crippen MR) is 86.3 cm³/mol. The van der Waals surface area contributed by atoms with Crippen LogP contribution in [0.5, 0.6) is 0 Å². The van der Waals surface area contributed by atoms with Gasteiger partial charge in [0, 0.05) is 11.7 Å². The zero-order chi connectivity index (χ0) is 18.4. The van der Waals surface area contributed by atoms with E-state index in [1.165, 1.54) is 13.0 Å². The Bertz CT molecular complexity index is 773. The van der Waals surface area contributed by atoms with E-state index >= 15 is 0 Å². The van der Waals surface area contributed by atoms with Crippen LogP contribution in [0.4, 0.5) is 13.2 Å². The maximum absolute atomic E-state index is 12.1. The average molecular weight is 354 g/mol. The van der Waals surface area contributed by atoms with Crippen molar-refractivity contribution in [3.05, 3.63) is 58.4 Å². The third kappa shape index (κ3) is 5.75. The van der Waals surface area contributed by atoms with Gasteiger partial charge in [-0.15, -0.1) is 0 Å². The summed E-state index contributed by atoms with van der Waals surface area (Å²) in [6.07, 6.45) is -4.42. The van der Waals surface area contributed by atoms with Crippen LogP contribution in [-0.2, 0) is 4.74 Å². The number of aromatic amines is 1. The van der Waals surface area contributed by atoms with Crippen LogP contribution in [0.25, 0.3) is 11.3 Å². The average Bonchev–Trinajstić information content (AvgIpc) is 2.54. The van der Waals surface area contributed by atoms with Crippen molar-refractivity contribution in [2.75, 3.05) is 13.2 Å². The topological polar surface area (TPSA) is 71.2 Å². The van der Waals surface area contributed by atoms with Crippen molar-refractivity contribution >= 4 is 5.91 Å². The van der Waals surface area contributed by atoms with E-state index in [2.05, 4.69) is 15.0 Å². The molecule has 0 aliphatic rings. The number of halogens is 3. The van der Waals surface area contributed by atoms with Crippen LogP contribution in [0.2, 0.25) is 0 Å². The summed E-state index contributed by atoms with van der Waals surface area (Å²) < 4.78 is 40.5. The lowest BCUT2D eigenvalue weighted by atomic mass is 10.1. The molecule has 0 aliphatic heterocycles. The molecule has 1 aromatic heterocycles. The fourth-order valence-electron chi connectivity index (χ4n) is 2.13. The molecular weight excluding hydrogens is 337 g/mol. The molecule has 0 bridgehead atoms. The first-order valence-electron chi connectivity index (χ1n) is 7.50. The molecule has 1 heterocycles. The summed E-state index contributed by atoms with van der Waals surface area (Å²) in [6, 6.07) is 11.4. The number of ether oxygens (including phenoxy) is 1. The minimum absolute atomic E-state index is 0.123. The number of benzene rings is 1. The van der Waals surface area contributed by atoms with E-state index in [0.717, 1.165) is 5.56 Å². The Morgan fingerprint density at radius 2 is 1.88 bits per heavy atom. The van der Waals surface area contributed by atoms with Gasteiger partial charge in [0.15, 0.2) is 0 Å². The van der Waals surface area contributed by atoms with Crippen molar-refractivity contribution in [2.24, 2.45) is 0 Å². The smallest absolute Gasteiger partial charge is 0.370 e. The van der Waals surface area contributed by atoms with E-state index in [-0.39, 0.29) is 12.2 Å². The Morgan fingerprint density at radius 1 is 1.20 bits per heavy atom. The van der Waals surface area contributed by atoms with Gasteiger partial charge in [-0.25, -0.2) is 0 Å². The maximum atomic E-state index is 12.1. The Labute approximate surface area is 141 Å². The minimum atomic E-state index is -4.42. The van der Waals surface area contributed by atoms with Gasteiger partial charge in [-0.2, -0.15) is 13.2 Å². The molecule has 2 aromatic rings. The van der Waals surface area contributed by atoms with Gasteiger partial charge in [0.05, 0.1) is 6.61 Å². The van der Waals surface area contributed by atoms with E-state index in [1.807, 2.05) is 30.3 Å². The fraction of sp³-hybridized carbons (Fsp3) is 0.294. The zero-order valence-electron chi connectivity index (χ0n) is 13.4. The number of nitrogens with one attached hydrogen (secondary N) is 2. The molecule has 1 atom stereocenters. The highest BCUT2D eigenvalue weighted by atomic mass is 19.4. The van der Waals surface area contributed by atoms with E-state index in [1.54, 1.807) is 6.07 Å². The molecule has 1 unspecified atom stereocenters. The highest BCUT2D eigenvalue weighted by molar-refractivity contribution is 5.94. The molecule has 0 aliphatic carbocycles. The SMILES string of the molecule is CC(COCC(F)(F)F)NC(=O)c1ccc(-c2ccccc2)[nH]c1=O. The Balaban J connectivity index is 1.99. The molecule has 8 heteroatoms. The first-order chi connectivity index (χ1) is 11.8. The summed E-state index contributed by atoms with van der Waals surface area (Å²) >= 11 is 0. The molecule has 0 spiro atoms. The van der Waals surface area contributed by atoms with Crippen LogP contribution in [0, 0.1) is 0 Å². The van der Waals surface area contributed by atoms with Gasteiger partial charge >= 0.3 is 6.18 Å². The zero-order valence-corrected chi connectivity index (χ0v) is 13.4. The molecule has 2 N–H and O–H groups in total. The van der Waals surface area contributed by atoms with Crippen LogP contribution in [0.3, 0.4) is 0 Å². The second-order valence-corrected chi connectivity index (χ2v) is 5.49. The summed E-state index contributed by atoms with van der Waals surface area (Å²) in [5.41, 5.74) is 0.647. The Hall–Kier alpha value is -2.61. The lowest BCUT2D eigenvalue weighted by molar-refractivity contribution is -0.174. The van der Waals surface area contributed by atoms with Gasteiger partial charge in [0.2, 0.25) is 0 Å². The second-order valence-electron chi connectivity index (χ2n) is 5.49. The number of hydrogen-bond acceptors (Lipinski definition) is 3. The summed E-state index contributed by atoms with van der Waals surface area (Å²) in [5, 5.41) is 2.43. The quantitative estimate of drug-likeness (QED) is 0.838. The normalized spacial score (nSPS) is 12.6. The molecule has 0 saturated heterocycles. The molecule has 1 aromatic carbocycles. The first-order valence-corrected chi connectivity index (χ1v) is 7.50. The van der Waals surface area contributed by atoms with Crippen LogP contribution in [0.15, 0.2) is 47.3 Å². The molecule has 1 amide bonds. The first kappa shape index (κ1) is 18.7. The highest BCUT2D eigenvalue weighted by Crippen LogP contribution is 2.15. The number of carbonyl (C=O) groups is 1.